The lowest BCUT2D eigenvalue weighted by atomic mass is 10.1. The van der Waals surface area contributed by atoms with Gasteiger partial charge in [-0.1, -0.05) is 25.4 Å². The number of nitrogens with zero attached hydrogens (tertiary/aromatic N) is 3. The van der Waals surface area contributed by atoms with Crippen molar-refractivity contribution in [2.75, 3.05) is 11.4 Å². The van der Waals surface area contributed by atoms with Gasteiger partial charge in [0.05, 0.1) is 6.54 Å². The molecule has 1 aliphatic rings. The number of fused-ring (bicyclic) bond motifs is 1. The van der Waals surface area contributed by atoms with Gasteiger partial charge in [0.25, 0.3) is 0 Å². The van der Waals surface area contributed by atoms with Gasteiger partial charge in [-0.3, -0.25) is 0 Å². The van der Waals surface area contributed by atoms with Crippen LogP contribution in [-0.4, -0.2) is 16.7 Å². The van der Waals surface area contributed by atoms with Crippen LogP contribution < -0.4 is 4.90 Å². The van der Waals surface area contributed by atoms with E-state index in [-0.39, 0.29) is 5.92 Å². The van der Waals surface area contributed by atoms with Gasteiger partial charge in [-0.25, -0.2) is 0 Å². The Morgan fingerprint density at radius 2 is 2.14 bits per heavy atom. The maximum atomic E-state index is 6.12. The minimum Gasteiger partial charge on any atom is -0.423 e. The van der Waals surface area contributed by atoms with Gasteiger partial charge in [-0.15, -0.1) is 10.2 Å². The van der Waals surface area contributed by atoms with Crippen LogP contribution in [-0.2, 0) is 13.0 Å². The summed E-state index contributed by atoms with van der Waals surface area (Å²) in [5.41, 5.74) is 2.55. The summed E-state index contributed by atoms with van der Waals surface area (Å²) < 4.78 is 5.74. The van der Waals surface area contributed by atoms with Crippen molar-refractivity contribution in [2.24, 2.45) is 0 Å². The second kappa shape index (κ2) is 6.06. The first-order chi connectivity index (χ1) is 10.1. The molecule has 0 saturated carbocycles. The third-order valence-electron chi connectivity index (χ3n) is 3.81. The molecular weight excluding hydrogens is 286 g/mol. The van der Waals surface area contributed by atoms with Crippen LogP contribution in [0.25, 0.3) is 0 Å². The first kappa shape index (κ1) is 14.4. The SMILES string of the molecule is CC(C)c1nnc(CN2CCCCc3cc(Cl)ccc32)o1. The van der Waals surface area contributed by atoms with Crippen molar-refractivity contribution in [3.05, 3.63) is 40.6 Å². The molecule has 4 nitrogen and oxygen atoms in total. The summed E-state index contributed by atoms with van der Waals surface area (Å²) in [7, 11) is 0. The fourth-order valence-electron chi connectivity index (χ4n) is 2.69. The summed E-state index contributed by atoms with van der Waals surface area (Å²) in [6.45, 7) is 5.78. The molecule has 0 bridgehead atoms. The summed E-state index contributed by atoms with van der Waals surface area (Å²) in [5, 5.41) is 9.08. The molecule has 0 amide bonds. The maximum Gasteiger partial charge on any atom is 0.235 e. The summed E-state index contributed by atoms with van der Waals surface area (Å²) in [6.07, 6.45) is 3.43. The number of hydrogen-bond donors (Lipinski definition) is 0. The van der Waals surface area contributed by atoms with Gasteiger partial charge < -0.3 is 9.32 Å². The molecule has 0 saturated heterocycles. The molecule has 0 unspecified atom stereocenters. The van der Waals surface area contributed by atoms with E-state index in [4.69, 9.17) is 16.0 Å². The fraction of sp³-hybridized carbons (Fsp3) is 0.500. The average Bonchev–Trinajstić information content (AvgIpc) is 2.83. The number of aromatic nitrogens is 2. The molecule has 1 aromatic heterocycles. The smallest absolute Gasteiger partial charge is 0.235 e. The molecule has 2 aromatic rings. The number of benzene rings is 1. The van der Waals surface area contributed by atoms with Crippen LogP contribution in [0, 0.1) is 0 Å². The maximum absolute atomic E-state index is 6.12. The van der Waals surface area contributed by atoms with Gasteiger partial charge in [0.15, 0.2) is 0 Å². The number of anilines is 1. The van der Waals surface area contributed by atoms with E-state index in [0.29, 0.717) is 18.3 Å². The summed E-state index contributed by atoms with van der Waals surface area (Å²) in [6, 6.07) is 6.12. The Hall–Kier alpha value is -1.55. The van der Waals surface area contributed by atoms with E-state index in [1.807, 2.05) is 6.07 Å². The normalized spacial score (nSPS) is 15.1. The van der Waals surface area contributed by atoms with Crippen molar-refractivity contribution in [1.29, 1.82) is 0 Å². The molecule has 0 radical (unpaired) electrons. The van der Waals surface area contributed by atoms with E-state index >= 15 is 0 Å². The monoisotopic (exact) mass is 305 g/mol. The molecule has 1 aromatic carbocycles. The highest BCUT2D eigenvalue weighted by molar-refractivity contribution is 6.30. The predicted molar refractivity (Wildman–Crippen MR) is 83.8 cm³/mol. The van der Waals surface area contributed by atoms with Crippen molar-refractivity contribution in [3.8, 4) is 0 Å². The second-order valence-electron chi connectivity index (χ2n) is 5.84. The Morgan fingerprint density at radius 1 is 1.29 bits per heavy atom. The van der Waals surface area contributed by atoms with Crippen LogP contribution in [0.5, 0.6) is 0 Å². The zero-order valence-corrected chi connectivity index (χ0v) is 13.2. The zero-order valence-electron chi connectivity index (χ0n) is 12.5. The Balaban J connectivity index is 1.84. The lowest BCUT2D eigenvalue weighted by molar-refractivity contribution is 0.428. The lowest BCUT2D eigenvalue weighted by Gasteiger charge is -2.23. The highest BCUT2D eigenvalue weighted by atomic mass is 35.5. The third kappa shape index (κ3) is 3.21. The van der Waals surface area contributed by atoms with E-state index in [0.717, 1.165) is 24.4 Å². The molecule has 1 aliphatic heterocycles. The topological polar surface area (TPSA) is 42.2 Å². The van der Waals surface area contributed by atoms with Crippen molar-refractivity contribution in [3.63, 3.8) is 0 Å². The van der Waals surface area contributed by atoms with Crippen molar-refractivity contribution >= 4 is 17.3 Å². The number of aryl methyl sites for hydroxylation is 1. The average molecular weight is 306 g/mol. The fourth-order valence-corrected chi connectivity index (χ4v) is 2.89. The van der Waals surface area contributed by atoms with Gasteiger partial charge in [-0.05, 0) is 43.0 Å². The van der Waals surface area contributed by atoms with Crippen LogP contribution in [0.4, 0.5) is 5.69 Å². The van der Waals surface area contributed by atoms with Gasteiger partial charge in [-0.2, -0.15) is 0 Å². The zero-order chi connectivity index (χ0) is 14.8. The molecule has 0 fully saturated rings. The van der Waals surface area contributed by atoms with Crippen LogP contribution >= 0.6 is 11.6 Å². The predicted octanol–water partition coefficient (Wildman–Crippen LogP) is 4.19. The molecular formula is C16H20ClN3O. The molecule has 5 heteroatoms. The van der Waals surface area contributed by atoms with E-state index in [1.165, 1.54) is 17.7 Å². The molecule has 2 heterocycles. The molecule has 112 valence electrons. The Kier molecular flexibility index (Phi) is 4.15. The van der Waals surface area contributed by atoms with Crippen molar-refractivity contribution in [2.45, 2.75) is 45.6 Å². The molecule has 21 heavy (non-hydrogen) atoms. The molecule has 0 spiro atoms. The summed E-state index contributed by atoms with van der Waals surface area (Å²) in [5.74, 6) is 1.65. The number of rotatable bonds is 3. The van der Waals surface area contributed by atoms with E-state index in [2.05, 4.69) is 41.1 Å². The molecule has 0 atom stereocenters. The number of hydrogen-bond acceptors (Lipinski definition) is 4. The number of halogens is 1. The van der Waals surface area contributed by atoms with Gasteiger partial charge >= 0.3 is 0 Å². The van der Waals surface area contributed by atoms with Crippen molar-refractivity contribution in [1.82, 2.24) is 10.2 Å². The highest BCUT2D eigenvalue weighted by Crippen LogP contribution is 2.30. The standard InChI is InChI=1S/C16H20ClN3O/c1-11(2)16-19-18-15(21-16)10-20-8-4-3-5-12-9-13(17)6-7-14(12)20/h6-7,9,11H,3-5,8,10H2,1-2H3. The van der Waals surface area contributed by atoms with Gasteiger partial charge in [0.2, 0.25) is 11.8 Å². The quantitative estimate of drug-likeness (QED) is 0.852. The van der Waals surface area contributed by atoms with Crippen LogP contribution in [0.3, 0.4) is 0 Å². The Morgan fingerprint density at radius 3 is 2.90 bits per heavy atom. The Labute approximate surface area is 130 Å². The van der Waals surface area contributed by atoms with E-state index in [9.17, 15) is 0 Å². The summed E-state index contributed by atoms with van der Waals surface area (Å²) >= 11 is 6.12. The summed E-state index contributed by atoms with van der Waals surface area (Å²) in [4.78, 5) is 2.32. The van der Waals surface area contributed by atoms with Crippen molar-refractivity contribution < 1.29 is 4.42 Å². The molecule has 3 rings (SSSR count). The van der Waals surface area contributed by atoms with Crippen LogP contribution in [0.1, 0.15) is 50.0 Å². The Bertz CT molecular complexity index is 624. The first-order valence-electron chi connectivity index (χ1n) is 7.49. The van der Waals surface area contributed by atoms with Gasteiger partial charge in [0.1, 0.15) is 0 Å². The first-order valence-corrected chi connectivity index (χ1v) is 7.87. The third-order valence-corrected chi connectivity index (χ3v) is 4.04. The van der Waals surface area contributed by atoms with E-state index < -0.39 is 0 Å². The molecule has 0 N–H and O–H groups in total. The van der Waals surface area contributed by atoms with Gasteiger partial charge in [0, 0.05) is 23.2 Å². The highest BCUT2D eigenvalue weighted by Gasteiger charge is 2.18. The lowest BCUT2D eigenvalue weighted by Crippen LogP contribution is -2.23. The second-order valence-corrected chi connectivity index (χ2v) is 6.28. The van der Waals surface area contributed by atoms with Crippen LogP contribution in [0.15, 0.2) is 22.6 Å². The molecule has 0 aliphatic carbocycles. The minimum atomic E-state index is 0.265. The van der Waals surface area contributed by atoms with Crippen LogP contribution in [0.2, 0.25) is 5.02 Å². The van der Waals surface area contributed by atoms with E-state index in [1.54, 1.807) is 0 Å². The minimum absolute atomic E-state index is 0.265. The largest absolute Gasteiger partial charge is 0.423 e.